The summed E-state index contributed by atoms with van der Waals surface area (Å²) >= 11 is 0. The molecule has 2 heterocycles. The standard InChI is InChI=1S/C33H44FN3O5/c1-21(2)29(35-32(40)42-33(4,5)6)31(39)41-25-13-11-24(12-14-25)26-15-17-36(20-27(26)34)28-16-18-37(30(28)38)19-23-9-7-22(3)8-10-23/h7-14,21,26-29H,15-20H2,1-6H3,(H,35,40)/t26-,27+,28+,29?/m0/s1. The van der Waals surface area contributed by atoms with Crippen molar-refractivity contribution in [1.29, 1.82) is 0 Å². The number of benzene rings is 2. The first-order chi connectivity index (χ1) is 19.8. The van der Waals surface area contributed by atoms with Gasteiger partial charge in [0.05, 0.1) is 6.04 Å². The van der Waals surface area contributed by atoms with Gasteiger partial charge in [-0.15, -0.1) is 0 Å². The van der Waals surface area contributed by atoms with Crippen LogP contribution in [0.2, 0.25) is 0 Å². The number of piperidine rings is 1. The number of rotatable bonds is 8. The fraction of sp³-hybridized carbons (Fsp3) is 0.545. The molecule has 2 aromatic carbocycles. The smallest absolute Gasteiger partial charge is 0.408 e. The first-order valence-corrected chi connectivity index (χ1v) is 14.8. The number of ether oxygens (including phenoxy) is 2. The van der Waals surface area contributed by atoms with Crippen LogP contribution in [0.15, 0.2) is 48.5 Å². The fourth-order valence-electron chi connectivity index (χ4n) is 5.61. The normalized spacial score (nSPS) is 22.2. The number of hydrogen-bond acceptors (Lipinski definition) is 6. The number of alkyl halides is 1. The minimum Gasteiger partial charge on any atom is -0.444 e. The van der Waals surface area contributed by atoms with Crippen LogP contribution in [0.3, 0.4) is 0 Å². The number of hydrogen-bond donors (Lipinski definition) is 1. The number of likely N-dealkylation sites (tertiary alicyclic amines) is 2. The van der Waals surface area contributed by atoms with Crippen LogP contribution in [0, 0.1) is 12.8 Å². The Morgan fingerprint density at radius 1 is 1.02 bits per heavy atom. The van der Waals surface area contributed by atoms with Gasteiger partial charge in [-0.1, -0.05) is 55.8 Å². The summed E-state index contributed by atoms with van der Waals surface area (Å²) in [7, 11) is 0. The molecule has 0 aliphatic carbocycles. The van der Waals surface area contributed by atoms with Gasteiger partial charge >= 0.3 is 12.1 Å². The molecule has 8 nitrogen and oxygen atoms in total. The number of carbonyl (C=O) groups excluding carboxylic acids is 3. The van der Waals surface area contributed by atoms with Crippen LogP contribution in [0.25, 0.3) is 0 Å². The van der Waals surface area contributed by atoms with Crippen molar-refractivity contribution >= 4 is 18.0 Å². The first-order valence-electron chi connectivity index (χ1n) is 14.8. The molecule has 1 N–H and O–H groups in total. The maximum absolute atomic E-state index is 15.5. The van der Waals surface area contributed by atoms with Gasteiger partial charge in [0.2, 0.25) is 5.91 Å². The Morgan fingerprint density at radius 2 is 1.69 bits per heavy atom. The van der Waals surface area contributed by atoms with Gasteiger partial charge in [-0.2, -0.15) is 0 Å². The summed E-state index contributed by atoms with van der Waals surface area (Å²) in [6, 6.07) is 13.9. The van der Waals surface area contributed by atoms with Crippen molar-refractivity contribution in [3.8, 4) is 5.75 Å². The van der Waals surface area contributed by atoms with Crippen LogP contribution in [0.4, 0.5) is 9.18 Å². The van der Waals surface area contributed by atoms with E-state index in [1.165, 1.54) is 5.56 Å². The molecule has 9 heteroatoms. The number of carbonyl (C=O) groups is 3. The molecule has 2 saturated heterocycles. The van der Waals surface area contributed by atoms with E-state index >= 15 is 4.39 Å². The van der Waals surface area contributed by atoms with E-state index in [4.69, 9.17) is 9.47 Å². The third-order valence-corrected chi connectivity index (χ3v) is 7.90. The predicted octanol–water partition coefficient (Wildman–Crippen LogP) is 5.38. The number of aryl methyl sites for hydroxylation is 1. The predicted molar refractivity (Wildman–Crippen MR) is 159 cm³/mol. The first kappa shape index (κ1) is 31.5. The lowest BCUT2D eigenvalue weighted by molar-refractivity contribution is -0.138. The summed E-state index contributed by atoms with van der Waals surface area (Å²) in [6.45, 7) is 13.0. The molecule has 0 saturated carbocycles. The molecule has 2 fully saturated rings. The third-order valence-electron chi connectivity index (χ3n) is 7.90. The molecule has 4 atom stereocenters. The van der Waals surface area contributed by atoms with Crippen molar-refractivity contribution in [3.05, 3.63) is 65.2 Å². The van der Waals surface area contributed by atoms with E-state index in [1.807, 2.05) is 16.7 Å². The van der Waals surface area contributed by atoms with E-state index in [-0.39, 0.29) is 30.3 Å². The van der Waals surface area contributed by atoms with Crippen LogP contribution >= 0.6 is 0 Å². The van der Waals surface area contributed by atoms with Gasteiger partial charge in [-0.05, 0) is 76.3 Å². The second-order valence-electron chi connectivity index (χ2n) is 12.8. The third kappa shape index (κ3) is 8.09. The zero-order chi connectivity index (χ0) is 30.6. The number of halogens is 1. The maximum atomic E-state index is 15.5. The van der Waals surface area contributed by atoms with E-state index in [0.717, 1.165) is 11.1 Å². The highest BCUT2D eigenvalue weighted by molar-refractivity contribution is 5.84. The highest BCUT2D eigenvalue weighted by atomic mass is 19.1. The van der Waals surface area contributed by atoms with Gasteiger partial charge in [-0.25, -0.2) is 14.0 Å². The van der Waals surface area contributed by atoms with Gasteiger partial charge in [0, 0.05) is 25.6 Å². The Labute approximate surface area is 248 Å². The molecule has 4 rings (SSSR count). The highest BCUT2D eigenvalue weighted by Crippen LogP contribution is 2.34. The maximum Gasteiger partial charge on any atom is 0.408 e. The van der Waals surface area contributed by atoms with E-state index < -0.39 is 29.9 Å². The summed E-state index contributed by atoms with van der Waals surface area (Å²) in [5.74, 6) is -0.726. The minimum absolute atomic E-state index is 0.0771. The fourth-order valence-corrected chi connectivity index (χ4v) is 5.61. The molecule has 2 aliphatic rings. The second-order valence-corrected chi connectivity index (χ2v) is 12.8. The Kier molecular flexibility index (Phi) is 9.92. The molecule has 1 unspecified atom stereocenters. The molecule has 2 aliphatic heterocycles. The summed E-state index contributed by atoms with van der Waals surface area (Å²) in [5, 5.41) is 2.59. The zero-order valence-corrected chi connectivity index (χ0v) is 25.6. The van der Waals surface area contributed by atoms with Crippen LogP contribution in [0.5, 0.6) is 5.75 Å². The summed E-state index contributed by atoms with van der Waals surface area (Å²) in [6.07, 6.45) is -0.499. The van der Waals surface area contributed by atoms with Gasteiger partial charge in [-0.3, -0.25) is 9.69 Å². The Bertz CT molecular complexity index is 1240. The number of esters is 1. The van der Waals surface area contributed by atoms with Crippen LogP contribution < -0.4 is 10.1 Å². The lowest BCUT2D eigenvalue weighted by atomic mass is 9.87. The van der Waals surface area contributed by atoms with Crippen molar-refractivity contribution in [1.82, 2.24) is 15.1 Å². The number of amides is 2. The lowest BCUT2D eigenvalue weighted by Crippen LogP contribution is -2.49. The molecule has 2 aromatic rings. The van der Waals surface area contributed by atoms with E-state index in [2.05, 4.69) is 29.6 Å². The van der Waals surface area contributed by atoms with Crippen LogP contribution in [-0.4, -0.2) is 71.3 Å². The molecular formula is C33H44FN3O5. The molecule has 0 bridgehead atoms. The van der Waals surface area contributed by atoms with Crippen molar-refractivity contribution in [2.75, 3.05) is 19.6 Å². The molecule has 0 spiro atoms. The second kappa shape index (κ2) is 13.2. The molecule has 2 amide bonds. The Morgan fingerprint density at radius 3 is 2.29 bits per heavy atom. The van der Waals surface area contributed by atoms with E-state index in [0.29, 0.717) is 38.2 Å². The van der Waals surface area contributed by atoms with Crippen molar-refractivity contribution in [2.24, 2.45) is 5.92 Å². The lowest BCUT2D eigenvalue weighted by Gasteiger charge is -2.37. The average molecular weight is 582 g/mol. The molecule has 0 aromatic heterocycles. The number of nitrogens with zero attached hydrogens (tertiary/aromatic N) is 2. The zero-order valence-electron chi connectivity index (χ0n) is 25.6. The number of alkyl carbamates (subject to hydrolysis) is 1. The van der Waals surface area contributed by atoms with Gasteiger partial charge < -0.3 is 19.7 Å². The Balaban J connectivity index is 1.30. The van der Waals surface area contributed by atoms with E-state index in [9.17, 15) is 14.4 Å². The van der Waals surface area contributed by atoms with Gasteiger partial charge in [0.1, 0.15) is 23.6 Å². The molecule has 0 radical (unpaired) electrons. The van der Waals surface area contributed by atoms with Crippen molar-refractivity contribution in [3.63, 3.8) is 0 Å². The van der Waals surface area contributed by atoms with Crippen LogP contribution in [-0.2, 0) is 20.9 Å². The molecule has 42 heavy (non-hydrogen) atoms. The van der Waals surface area contributed by atoms with Crippen molar-refractivity contribution < 1.29 is 28.2 Å². The van der Waals surface area contributed by atoms with Gasteiger partial charge in [0.15, 0.2) is 0 Å². The molecule has 228 valence electrons. The number of nitrogens with one attached hydrogen (secondary N) is 1. The quantitative estimate of drug-likeness (QED) is 0.333. The topological polar surface area (TPSA) is 88.2 Å². The average Bonchev–Trinajstić information content (AvgIpc) is 3.27. The summed E-state index contributed by atoms with van der Waals surface area (Å²) < 4.78 is 26.3. The van der Waals surface area contributed by atoms with Crippen molar-refractivity contribution in [2.45, 2.75) is 90.7 Å². The molecular weight excluding hydrogens is 537 g/mol. The minimum atomic E-state index is -1.12. The van der Waals surface area contributed by atoms with Gasteiger partial charge in [0.25, 0.3) is 0 Å². The largest absolute Gasteiger partial charge is 0.444 e. The summed E-state index contributed by atoms with van der Waals surface area (Å²) in [4.78, 5) is 42.1. The van der Waals surface area contributed by atoms with Crippen LogP contribution in [0.1, 0.15) is 70.1 Å². The monoisotopic (exact) mass is 581 g/mol. The van der Waals surface area contributed by atoms with E-state index in [1.54, 1.807) is 58.9 Å². The Hall–Kier alpha value is -3.46. The highest BCUT2D eigenvalue weighted by Gasteiger charge is 2.40. The SMILES string of the molecule is Cc1ccc(CN2CC[C@@H](N3CC[C@@H](c4ccc(OC(=O)C(NC(=O)OC(C)(C)C)C(C)C)cc4)[C@H](F)C3)C2=O)cc1. The summed E-state index contributed by atoms with van der Waals surface area (Å²) in [5.41, 5.74) is 2.42.